The highest BCUT2D eigenvalue weighted by Crippen LogP contribution is 2.37. The van der Waals surface area contributed by atoms with Gasteiger partial charge in [-0.1, -0.05) is 12.1 Å². The van der Waals surface area contributed by atoms with Gasteiger partial charge in [-0.05, 0) is 36.2 Å². The minimum atomic E-state index is -4.42. The number of hydrogen-bond donors (Lipinski definition) is 1. The fraction of sp³-hybridized carbons (Fsp3) is 0.286. The van der Waals surface area contributed by atoms with Crippen LogP contribution in [0.15, 0.2) is 35.7 Å². The van der Waals surface area contributed by atoms with Crippen LogP contribution in [-0.2, 0) is 19.3 Å². The average molecular weight is 301 g/mol. The Labute approximate surface area is 119 Å². The molecule has 2 rings (SSSR count). The highest BCUT2D eigenvalue weighted by molar-refractivity contribution is 7.09. The van der Waals surface area contributed by atoms with E-state index in [4.69, 9.17) is 4.74 Å². The molecule has 0 aliphatic rings. The zero-order valence-corrected chi connectivity index (χ0v) is 11.6. The molecule has 0 aliphatic heterocycles. The van der Waals surface area contributed by atoms with Crippen LogP contribution < -0.4 is 10.1 Å². The predicted molar refractivity (Wildman–Crippen MR) is 72.9 cm³/mol. The summed E-state index contributed by atoms with van der Waals surface area (Å²) in [7, 11) is 1.69. The van der Waals surface area contributed by atoms with Gasteiger partial charge in [0.2, 0.25) is 0 Å². The van der Waals surface area contributed by atoms with Crippen molar-refractivity contribution in [1.82, 2.24) is 5.32 Å². The first-order valence-corrected chi connectivity index (χ1v) is 6.88. The summed E-state index contributed by atoms with van der Waals surface area (Å²) < 4.78 is 44.4. The molecular formula is C14H14F3NOS. The predicted octanol–water partition coefficient (Wildman–Crippen LogP) is 4.07. The lowest BCUT2D eigenvalue weighted by atomic mass is 10.1. The van der Waals surface area contributed by atoms with Crippen molar-refractivity contribution < 1.29 is 17.9 Å². The van der Waals surface area contributed by atoms with Crippen molar-refractivity contribution in [1.29, 1.82) is 0 Å². The molecule has 0 atom stereocenters. The summed E-state index contributed by atoms with van der Waals surface area (Å²) in [5, 5.41) is 4.69. The van der Waals surface area contributed by atoms with E-state index < -0.39 is 11.7 Å². The number of alkyl halides is 3. The smallest absolute Gasteiger partial charge is 0.419 e. The van der Waals surface area contributed by atoms with Crippen LogP contribution in [0.5, 0.6) is 5.75 Å². The van der Waals surface area contributed by atoms with Gasteiger partial charge in [0.25, 0.3) is 0 Å². The van der Waals surface area contributed by atoms with Gasteiger partial charge in [-0.15, -0.1) is 11.3 Å². The minimum Gasteiger partial charge on any atom is -0.487 e. The number of ether oxygens (including phenoxy) is 1. The third-order valence-corrected chi connectivity index (χ3v) is 3.53. The van der Waals surface area contributed by atoms with E-state index in [-0.39, 0.29) is 12.4 Å². The molecule has 1 aromatic heterocycles. The number of nitrogens with one attached hydrogen (secondary N) is 1. The normalized spacial score (nSPS) is 11.6. The van der Waals surface area contributed by atoms with E-state index in [1.165, 1.54) is 17.4 Å². The van der Waals surface area contributed by atoms with Crippen molar-refractivity contribution in [3.05, 3.63) is 51.7 Å². The molecule has 1 N–H and O–H groups in total. The molecule has 20 heavy (non-hydrogen) atoms. The Kier molecular flexibility index (Phi) is 4.67. The van der Waals surface area contributed by atoms with Gasteiger partial charge in [0.05, 0.1) is 5.56 Å². The van der Waals surface area contributed by atoms with E-state index >= 15 is 0 Å². The number of hydrogen-bond acceptors (Lipinski definition) is 3. The van der Waals surface area contributed by atoms with E-state index in [9.17, 15) is 13.2 Å². The van der Waals surface area contributed by atoms with E-state index in [1.807, 2.05) is 17.5 Å². The largest absolute Gasteiger partial charge is 0.487 e. The Morgan fingerprint density at radius 2 is 2.05 bits per heavy atom. The maximum absolute atomic E-state index is 13.0. The van der Waals surface area contributed by atoms with Gasteiger partial charge in [-0.2, -0.15) is 13.2 Å². The Hall–Kier alpha value is -1.53. The average Bonchev–Trinajstić information content (AvgIpc) is 2.89. The van der Waals surface area contributed by atoms with Crippen molar-refractivity contribution >= 4 is 11.3 Å². The molecule has 1 heterocycles. The van der Waals surface area contributed by atoms with Crippen LogP contribution in [0.4, 0.5) is 13.2 Å². The second-order valence-electron chi connectivity index (χ2n) is 4.23. The van der Waals surface area contributed by atoms with Crippen molar-refractivity contribution in [3.63, 3.8) is 0 Å². The van der Waals surface area contributed by atoms with E-state index in [0.717, 1.165) is 10.9 Å². The maximum atomic E-state index is 13.0. The van der Waals surface area contributed by atoms with Crippen molar-refractivity contribution in [2.75, 3.05) is 7.05 Å². The van der Waals surface area contributed by atoms with Crippen LogP contribution in [0.1, 0.15) is 16.0 Å². The quantitative estimate of drug-likeness (QED) is 0.899. The molecule has 0 unspecified atom stereocenters. The molecule has 0 bridgehead atoms. The van der Waals surface area contributed by atoms with Crippen LogP contribution >= 0.6 is 11.3 Å². The van der Waals surface area contributed by atoms with E-state index in [0.29, 0.717) is 12.1 Å². The van der Waals surface area contributed by atoms with Crippen LogP contribution in [0, 0.1) is 0 Å². The maximum Gasteiger partial charge on any atom is 0.419 e. The van der Waals surface area contributed by atoms with Crippen LogP contribution in [0.3, 0.4) is 0 Å². The molecule has 2 nitrogen and oxygen atoms in total. The second-order valence-corrected chi connectivity index (χ2v) is 5.26. The summed E-state index contributed by atoms with van der Waals surface area (Å²) in [6.07, 6.45) is -4.42. The monoisotopic (exact) mass is 301 g/mol. The van der Waals surface area contributed by atoms with Crippen LogP contribution in [0.2, 0.25) is 0 Å². The molecular weight excluding hydrogens is 287 g/mol. The zero-order valence-electron chi connectivity index (χ0n) is 10.8. The molecule has 2 aromatic rings. The fourth-order valence-electron chi connectivity index (χ4n) is 1.78. The number of thiophene rings is 1. The molecule has 108 valence electrons. The van der Waals surface area contributed by atoms with Gasteiger partial charge in [-0.25, -0.2) is 0 Å². The topological polar surface area (TPSA) is 21.3 Å². The molecule has 0 aliphatic carbocycles. The van der Waals surface area contributed by atoms with Crippen molar-refractivity contribution in [2.24, 2.45) is 0 Å². The lowest BCUT2D eigenvalue weighted by Crippen LogP contribution is -2.11. The van der Waals surface area contributed by atoms with Gasteiger partial charge in [0, 0.05) is 11.4 Å². The van der Waals surface area contributed by atoms with E-state index in [1.54, 1.807) is 13.1 Å². The molecule has 1 aromatic carbocycles. The SMILES string of the molecule is CNCc1ccc(OCc2cccs2)c(C(F)(F)F)c1. The molecule has 0 saturated heterocycles. The Morgan fingerprint density at radius 1 is 1.25 bits per heavy atom. The van der Waals surface area contributed by atoms with Gasteiger partial charge < -0.3 is 10.1 Å². The van der Waals surface area contributed by atoms with Gasteiger partial charge in [-0.3, -0.25) is 0 Å². The van der Waals surface area contributed by atoms with Crippen LogP contribution in [-0.4, -0.2) is 7.05 Å². The first-order chi connectivity index (χ1) is 9.50. The summed E-state index contributed by atoms with van der Waals surface area (Å²) in [6, 6.07) is 7.80. The molecule has 0 saturated carbocycles. The minimum absolute atomic E-state index is 0.134. The lowest BCUT2D eigenvalue weighted by molar-refractivity contribution is -0.139. The zero-order chi connectivity index (χ0) is 14.6. The lowest BCUT2D eigenvalue weighted by Gasteiger charge is -2.15. The first-order valence-electron chi connectivity index (χ1n) is 6.00. The summed E-state index contributed by atoms with van der Waals surface area (Å²) in [4.78, 5) is 0.887. The van der Waals surface area contributed by atoms with Gasteiger partial charge >= 0.3 is 6.18 Å². The molecule has 0 spiro atoms. The first kappa shape index (κ1) is 14.9. The van der Waals surface area contributed by atoms with Gasteiger partial charge in [0.1, 0.15) is 12.4 Å². The second kappa shape index (κ2) is 6.28. The standard InChI is InChI=1S/C14H14F3NOS/c1-18-8-10-4-5-13(12(7-10)14(15,16)17)19-9-11-3-2-6-20-11/h2-7,18H,8-9H2,1H3. The highest BCUT2D eigenvalue weighted by atomic mass is 32.1. The molecule has 6 heteroatoms. The van der Waals surface area contributed by atoms with Gasteiger partial charge in [0.15, 0.2) is 0 Å². The van der Waals surface area contributed by atoms with E-state index in [2.05, 4.69) is 5.32 Å². The van der Waals surface area contributed by atoms with Crippen LogP contribution in [0.25, 0.3) is 0 Å². The summed E-state index contributed by atoms with van der Waals surface area (Å²) in [5.74, 6) is -0.134. The molecule has 0 amide bonds. The number of halogens is 3. The fourth-order valence-corrected chi connectivity index (χ4v) is 2.40. The summed E-state index contributed by atoms with van der Waals surface area (Å²) >= 11 is 1.45. The van der Waals surface area contributed by atoms with Crippen molar-refractivity contribution in [2.45, 2.75) is 19.3 Å². The summed E-state index contributed by atoms with van der Waals surface area (Å²) in [6.45, 7) is 0.528. The summed E-state index contributed by atoms with van der Waals surface area (Å²) in [5.41, 5.74) is -0.162. The third-order valence-electron chi connectivity index (χ3n) is 2.68. The number of rotatable bonds is 5. The van der Waals surface area contributed by atoms with Crippen molar-refractivity contribution in [3.8, 4) is 5.75 Å². The molecule has 0 fully saturated rings. The highest BCUT2D eigenvalue weighted by Gasteiger charge is 2.34. The number of benzene rings is 1. The molecule has 0 radical (unpaired) electrons. The Balaban J connectivity index is 2.22. The Morgan fingerprint density at radius 3 is 2.65 bits per heavy atom. The third kappa shape index (κ3) is 3.74. The Bertz CT molecular complexity index is 552.